The van der Waals surface area contributed by atoms with Crippen LogP contribution in [0.2, 0.25) is 0 Å². The normalized spacial score (nSPS) is 17.7. The number of hydrazine groups is 1. The van der Waals surface area contributed by atoms with Crippen LogP contribution in [0.15, 0.2) is 35.3 Å². The second-order valence-electron chi connectivity index (χ2n) is 3.87. The second-order valence-corrected chi connectivity index (χ2v) is 5.09. The van der Waals surface area contributed by atoms with Gasteiger partial charge in [-0.2, -0.15) is 11.8 Å². The molecule has 1 aromatic carbocycles. The Morgan fingerprint density at radius 3 is 2.82 bits per heavy atom. The molecule has 2 rings (SSSR count). The zero-order valence-corrected chi connectivity index (χ0v) is 10.6. The minimum absolute atomic E-state index is 0.763. The summed E-state index contributed by atoms with van der Waals surface area (Å²) in [5.74, 6) is 8.69. The summed E-state index contributed by atoms with van der Waals surface area (Å²) in [6.07, 6.45) is 1.18. The number of nitrogens with one attached hydrogen (secondary N) is 1. The lowest BCUT2D eigenvalue weighted by atomic mass is 10.3. The van der Waals surface area contributed by atoms with Crippen LogP contribution in [0, 0.1) is 0 Å². The maximum atomic E-state index is 5.57. The number of hydrogen-bond donors (Lipinski definition) is 2. The van der Waals surface area contributed by atoms with Gasteiger partial charge in [0.25, 0.3) is 0 Å². The number of rotatable bonds is 1. The maximum Gasteiger partial charge on any atom is 0.213 e. The third-order valence-electron chi connectivity index (χ3n) is 2.64. The van der Waals surface area contributed by atoms with Gasteiger partial charge < -0.3 is 4.90 Å². The second kappa shape index (κ2) is 6.51. The lowest BCUT2D eigenvalue weighted by Gasteiger charge is -2.23. The highest BCUT2D eigenvalue weighted by Gasteiger charge is 2.12. The smallest absolute Gasteiger partial charge is 0.213 e. The standard InChI is InChI=1S/C12H18N4S/c13-15-12(14-11-5-2-1-3-6-11)16-7-4-9-17-10-8-16/h1-3,5-6H,4,7-10,13H2,(H,14,15). The van der Waals surface area contributed by atoms with Gasteiger partial charge in [0.1, 0.15) is 0 Å². The molecule has 0 saturated carbocycles. The van der Waals surface area contributed by atoms with Crippen molar-refractivity contribution < 1.29 is 0 Å². The molecule has 4 nitrogen and oxygen atoms in total. The van der Waals surface area contributed by atoms with Crippen molar-refractivity contribution in [1.29, 1.82) is 0 Å². The van der Waals surface area contributed by atoms with Gasteiger partial charge in [-0.1, -0.05) is 18.2 Å². The summed E-state index contributed by atoms with van der Waals surface area (Å²) in [4.78, 5) is 6.75. The molecule has 1 aliphatic heterocycles. The van der Waals surface area contributed by atoms with Gasteiger partial charge in [0.05, 0.1) is 5.69 Å². The Morgan fingerprint density at radius 2 is 2.06 bits per heavy atom. The molecule has 1 aromatic rings. The zero-order valence-electron chi connectivity index (χ0n) is 9.80. The van der Waals surface area contributed by atoms with E-state index in [2.05, 4.69) is 15.3 Å². The predicted molar refractivity (Wildman–Crippen MR) is 74.4 cm³/mol. The minimum atomic E-state index is 0.763. The van der Waals surface area contributed by atoms with Gasteiger partial charge in [0, 0.05) is 18.8 Å². The molecule has 0 aromatic heterocycles. The van der Waals surface area contributed by atoms with E-state index in [0.29, 0.717) is 0 Å². The first-order valence-electron chi connectivity index (χ1n) is 5.83. The summed E-state index contributed by atoms with van der Waals surface area (Å²) in [6, 6.07) is 9.89. The summed E-state index contributed by atoms with van der Waals surface area (Å²) in [6.45, 7) is 2.02. The molecular weight excluding hydrogens is 232 g/mol. The van der Waals surface area contributed by atoms with Crippen molar-refractivity contribution in [3.8, 4) is 0 Å². The molecule has 17 heavy (non-hydrogen) atoms. The fourth-order valence-electron chi connectivity index (χ4n) is 1.78. The molecule has 5 heteroatoms. The highest BCUT2D eigenvalue weighted by atomic mass is 32.2. The largest absolute Gasteiger partial charge is 0.341 e. The van der Waals surface area contributed by atoms with E-state index in [1.807, 2.05) is 42.1 Å². The van der Waals surface area contributed by atoms with Crippen molar-refractivity contribution >= 4 is 23.4 Å². The van der Waals surface area contributed by atoms with Crippen molar-refractivity contribution in [2.75, 3.05) is 24.6 Å². The topological polar surface area (TPSA) is 53.6 Å². The number of benzene rings is 1. The highest BCUT2D eigenvalue weighted by molar-refractivity contribution is 7.99. The van der Waals surface area contributed by atoms with Crippen LogP contribution >= 0.6 is 11.8 Å². The molecule has 0 radical (unpaired) electrons. The third kappa shape index (κ3) is 3.64. The lowest BCUT2D eigenvalue weighted by Crippen LogP contribution is -2.45. The number of guanidine groups is 1. The number of aliphatic imine (C=N–C) groups is 1. The van der Waals surface area contributed by atoms with Gasteiger partial charge in [0.2, 0.25) is 5.96 Å². The van der Waals surface area contributed by atoms with Crippen LogP contribution in [0.25, 0.3) is 0 Å². The first-order chi connectivity index (χ1) is 8.40. The maximum absolute atomic E-state index is 5.57. The number of thioether (sulfide) groups is 1. The summed E-state index contributed by atoms with van der Waals surface area (Å²) < 4.78 is 0. The highest BCUT2D eigenvalue weighted by Crippen LogP contribution is 2.13. The molecular formula is C12H18N4S. The zero-order chi connectivity index (χ0) is 11.9. The van der Waals surface area contributed by atoms with Crippen LogP contribution in [0.1, 0.15) is 6.42 Å². The molecule has 3 N–H and O–H groups in total. The summed E-state index contributed by atoms with van der Waals surface area (Å²) in [5.41, 5.74) is 3.64. The molecule has 0 unspecified atom stereocenters. The predicted octanol–water partition coefficient (Wildman–Crippen LogP) is 1.58. The van der Waals surface area contributed by atoms with E-state index in [1.165, 1.54) is 12.2 Å². The summed E-state index contributed by atoms with van der Waals surface area (Å²) in [5, 5.41) is 0. The van der Waals surface area contributed by atoms with E-state index in [1.54, 1.807) is 0 Å². The quantitative estimate of drug-likeness (QED) is 0.344. The van der Waals surface area contributed by atoms with E-state index < -0.39 is 0 Å². The molecule has 92 valence electrons. The molecule has 1 fully saturated rings. The average molecular weight is 250 g/mol. The van der Waals surface area contributed by atoms with Crippen molar-refractivity contribution in [2.45, 2.75) is 6.42 Å². The van der Waals surface area contributed by atoms with Crippen molar-refractivity contribution in [2.24, 2.45) is 10.8 Å². The molecule has 1 saturated heterocycles. The van der Waals surface area contributed by atoms with Crippen LogP contribution in [-0.2, 0) is 0 Å². The van der Waals surface area contributed by atoms with Crippen LogP contribution in [-0.4, -0.2) is 35.5 Å². The lowest BCUT2D eigenvalue weighted by molar-refractivity contribution is 0.434. The molecule has 0 atom stereocenters. The molecule has 0 bridgehead atoms. The van der Waals surface area contributed by atoms with Gasteiger partial charge in [-0.3, -0.25) is 5.43 Å². The molecule has 0 aliphatic carbocycles. The van der Waals surface area contributed by atoms with Crippen molar-refractivity contribution in [3.63, 3.8) is 0 Å². The Balaban J connectivity index is 2.11. The Kier molecular flexibility index (Phi) is 4.70. The number of nitrogens with zero attached hydrogens (tertiary/aromatic N) is 2. The minimum Gasteiger partial charge on any atom is -0.341 e. The van der Waals surface area contributed by atoms with Gasteiger partial charge >= 0.3 is 0 Å². The van der Waals surface area contributed by atoms with Gasteiger partial charge in [-0.25, -0.2) is 10.8 Å². The van der Waals surface area contributed by atoms with E-state index >= 15 is 0 Å². The third-order valence-corrected chi connectivity index (χ3v) is 3.69. The summed E-state index contributed by atoms with van der Waals surface area (Å²) in [7, 11) is 0. The van der Waals surface area contributed by atoms with Crippen LogP contribution in [0.4, 0.5) is 5.69 Å². The Morgan fingerprint density at radius 1 is 1.24 bits per heavy atom. The number of nitrogens with two attached hydrogens (primary N) is 1. The van der Waals surface area contributed by atoms with E-state index in [-0.39, 0.29) is 0 Å². The van der Waals surface area contributed by atoms with E-state index in [9.17, 15) is 0 Å². The van der Waals surface area contributed by atoms with Crippen LogP contribution < -0.4 is 11.3 Å². The van der Waals surface area contributed by atoms with Gasteiger partial charge in [-0.15, -0.1) is 0 Å². The monoisotopic (exact) mass is 250 g/mol. The van der Waals surface area contributed by atoms with E-state index in [4.69, 9.17) is 5.84 Å². The van der Waals surface area contributed by atoms with Crippen LogP contribution in [0.5, 0.6) is 0 Å². The van der Waals surface area contributed by atoms with Gasteiger partial charge in [0.15, 0.2) is 0 Å². The Labute approximate surface area is 106 Å². The first-order valence-corrected chi connectivity index (χ1v) is 6.98. The first kappa shape index (κ1) is 12.3. The SMILES string of the molecule is NNC(=Nc1ccccc1)N1CCCSCC1. The summed E-state index contributed by atoms with van der Waals surface area (Å²) >= 11 is 1.99. The van der Waals surface area contributed by atoms with Gasteiger partial charge in [-0.05, 0) is 24.3 Å². The fraction of sp³-hybridized carbons (Fsp3) is 0.417. The van der Waals surface area contributed by atoms with Crippen LogP contribution in [0.3, 0.4) is 0 Å². The fourth-order valence-corrected chi connectivity index (χ4v) is 2.66. The molecule has 1 aliphatic rings. The van der Waals surface area contributed by atoms with Crippen molar-refractivity contribution in [3.05, 3.63) is 30.3 Å². The number of para-hydroxylation sites is 1. The average Bonchev–Trinajstić information content (AvgIpc) is 2.66. The van der Waals surface area contributed by atoms with E-state index in [0.717, 1.165) is 30.5 Å². The molecule has 1 heterocycles. The van der Waals surface area contributed by atoms with Crippen molar-refractivity contribution in [1.82, 2.24) is 10.3 Å². The molecule has 0 spiro atoms. The number of hydrogen-bond acceptors (Lipinski definition) is 3. The Bertz CT molecular complexity index is 358. The molecule has 0 amide bonds. The Hall–Kier alpha value is -1.20.